The van der Waals surface area contributed by atoms with Gasteiger partial charge in [0.25, 0.3) is 0 Å². The molecule has 1 N–H and O–H groups in total. The number of hydrogen-bond donors (Lipinski definition) is 1. The molecule has 0 aliphatic heterocycles. The summed E-state index contributed by atoms with van der Waals surface area (Å²) in [6.07, 6.45) is 1.98. The molecule has 0 unspecified atom stereocenters. The molecule has 0 aliphatic carbocycles. The lowest BCUT2D eigenvalue weighted by atomic mass is 10.2. The number of halogens is 2. The summed E-state index contributed by atoms with van der Waals surface area (Å²) in [7, 11) is 0. The second-order valence-electron chi connectivity index (χ2n) is 5.56. The van der Waals surface area contributed by atoms with Gasteiger partial charge in [0, 0.05) is 23.6 Å². The Bertz CT molecular complexity index is 908. The zero-order valence-corrected chi connectivity index (χ0v) is 14.3. The van der Waals surface area contributed by atoms with Crippen LogP contribution in [0.4, 0.5) is 10.1 Å². The van der Waals surface area contributed by atoms with Gasteiger partial charge in [-0.05, 0) is 36.8 Å². The van der Waals surface area contributed by atoms with Gasteiger partial charge in [-0.15, -0.1) is 0 Å². The molecule has 25 heavy (non-hydrogen) atoms. The van der Waals surface area contributed by atoms with Crippen molar-refractivity contribution < 1.29 is 13.6 Å². The minimum Gasteiger partial charge on any atom is -0.441 e. The van der Waals surface area contributed by atoms with Gasteiger partial charge in [0.2, 0.25) is 5.91 Å². The molecule has 0 atom stereocenters. The maximum absolute atomic E-state index is 13.7. The molecule has 0 radical (unpaired) electrons. The fraction of sp³-hybridized carbons (Fsp3) is 0.158. The Morgan fingerprint density at radius 2 is 2.04 bits per heavy atom. The van der Waals surface area contributed by atoms with Gasteiger partial charge in [-0.1, -0.05) is 29.8 Å². The van der Waals surface area contributed by atoms with Crippen LogP contribution in [0.15, 0.2) is 53.1 Å². The summed E-state index contributed by atoms with van der Waals surface area (Å²) < 4.78 is 19.3. The first-order chi connectivity index (χ1) is 12.0. The Balaban J connectivity index is 1.62. The largest absolute Gasteiger partial charge is 0.441 e. The van der Waals surface area contributed by atoms with E-state index in [-0.39, 0.29) is 18.1 Å². The fourth-order valence-electron chi connectivity index (χ4n) is 2.39. The summed E-state index contributed by atoms with van der Waals surface area (Å²) in [5, 5.41) is 3.41. The quantitative estimate of drug-likeness (QED) is 0.697. The highest BCUT2D eigenvalue weighted by atomic mass is 35.5. The number of carbonyl (C=O) groups is 1. The monoisotopic (exact) mass is 358 g/mol. The number of aryl methyl sites for hydroxylation is 1. The maximum Gasteiger partial charge on any atom is 0.224 e. The number of nitrogens with zero attached hydrogens (tertiary/aromatic N) is 1. The average molecular weight is 359 g/mol. The highest BCUT2D eigenvalue weighted by Gasteiger charge is 2.12. The van der Waals surface area contributed by atoms with E-state index >= 15 is 0 Å². The van der Waals surface area contributed by atoms with E-state index in [2.05, 4.69) is 10.3 Å². The van der Waals surface area contributed by atoms with Gasteiger partial charge in [-0.25, -0.2) is 9.37 Å². The van der Waals surface area contributed by atoms with Gasteiger partial charge in [0.15, 0.2) is 11.7 Å². The van der Waals surface area contributed by atoms with E-state index in [9.17, 15) is 9.18 Å². The molecular formula is C19H16ClFN2O2. The molecule has 0 saturated heterocycles. The lowest BCUT2D eigenvalue weighted by molar-refractivity contribution is -0.116. The van der Waals surface area contributed by atoms with Gasteiger partial charge in [-0.3, -0.25) is 4.79 Å². The van der Waals surface area contributed by atoms with Crippen LogP contribution >= 0.6 is 11.6 Å². The van der Waals surface area contributed by atoms with E-state index in [1.807, 2.05) is 6.92 Å². The van der Waals surface area contributed by atoms with Crippen molar-refractivity contribution in [3.63, 3.8) is 0 Å². The third kappa shape index (κ3) is 4.06. The molecule has 3 aromatic rings. The van der Waals surface area contributed by atoms with Crippen molar-refractivity contribution in [2.75, 3.05) is 5.32 Å². The molecule has 2 aromatic carbocycles. The van der Waals surface area contributed by atoms with Crippen molar-refractivity contribution in [3.8, 4) is 11.3 Å². The van der Waals surface area contributed by atoms with Gasteiger partial charge in [-0.2, -0.15) is 0 Å². The van der Waals surface area contributed by atoms with Crippen LogP contribution in [0.3, 0.4) is 0 Å². The van der Waals surface area contributed by atoms with E-state index in [4.69, 9.17) is 16.0 Å². The normalized spacial score (nSPS) is 10.7. The van der Waals surface area contributed by atoms with E-state index < -0.39 is 0 Å². The second-order valence-corrected chi connectivity index (χ2v) is 5.97. The van der Waals surface area contributed by atoms with Crippen LogP contribution in [0.25, 0.3) is 11.3 Å². The first-order valence-electron chi connectivity index (χ1n) is 7.79. The predicted molar refractivity (Wildman–Crippen MR) is 95.0 cm³/mol. The summed E-state index contributed by atoms with van der Waals surface area (Å²) in [5.74, 6) is 0.186. The number of amides is 1. The first-order valence-corrected chi connectivity index (χ1v) is 8.17. The van der Waals surface area contributed by atoms with Crippen molar-refractivity contribution >= 4 is 23.2 Å². The molecule has 128 valence electrons. The first kappa shape index (κ1) is 17.2. The third-order valence-corrected chi connectivity index (χ3v) is 4.21. The Morgan fingerprint density at radius 3 is 2.84 bits per heavy atom. The molecule has 0 bridgehead atoms. The van der Waals surface area contributed by atoms with Crippen LogP contribution in [-0.2, 0) is 11.2 Å². The fourth-order valence-corrected chi connectivity index (χ4v) is 2.56. The molecule has 0 saturated carbocycles. The van der Waals surface area contributed by atoms with E-state index in [0.29, 0.717) is 34.3 Å². The van der Waals surface area contributed by atoms with Crippen LogP contribution in [0.5, 0.6) is 0 Å². The molecule has 1 amide bonds. The van der Waals surface area contributed by atoms with E-state index in [0.717, 1.165) is 5.56 Å². The smallest absolute Gasteiger partial charge is 0.224 e. The van der Waals surface area contributed by atoms with Crippen molar-refractivity contribution in [2.24, 2.45) is 0 Å². The van der Waals surface area contributed by atoms with Gasteiger partial charge in [0.05, 0.1) is 11.8 Å². The molecule has 1 aromatic heterocycles. The molecule has 0 fully saturated rings. The number of oxazole rings is 1. The molecule has 4 nitrogen and oxygen atoms in total. The summed E-state index contributed by atoms with van der Waals surface area (Å²) in [4.78, 5) is 16.2. The van der Waals surface area contributed by atoms with Crippen LogP contribution in [0, 0.1) is 12.7 Å². The van der Waals surface area contributed by atoms with Crippen LogP contribution < -0.4 is 5.32 Å². The Labute approximate surface area is 149 Å². The molecule has 0 aliphatic rings. The summed E-state index contributed by atoms with van der Waals surface area (Å²) in [6, 6.07) is 11.6. The van der Waals surface area contributed by atoms with Crippen molar-refractivity contribution in [2.45, 2.75) is 19.8 Å². The minimum atomic E-state index is -0.376. The van der Waals surface area contributed by atoms with Crippen molar-refractivity contribution in [3.05, 3.63) is 71.0 Å². The maximum atomic E-state index is 13.7. The summed E-state index contributed by atoms with van der Waals surface area (Å²) >= 11 is 6.04. The van der Waals surface area contributed by atoms with Crippen molar-refractivity contribution in [1.29, 1.82) is 0 Å². The standard InChI is InChI=1S/C19H16ClFN2O2/c1-12-14(20)6-4-8-16(12)23-18(24)9-10-19-22-11-17(25-19)13-5-2-3-7-15(13)21/h2-8,11H,9-10H2,1H3,(H,23,24). The number of benzene rings is 2. The number of rotatable bonds is 5. The SMILES string of the molecule is Cc1c(Cl)cccc1NC(=O)CCc1ncc(-c2ccccc2F)o1. The van der Waals surface area contributed by atoms with Crippen LogP contribution in [0.2, 0.25) is 5.02 Å². The van der Waals surface area contributed by atoms with E-state index in [1.54, 1.807) is 36.4 Å². The topological polar surface area (TPSA) is 55.1 Å². The number of carbonyl (C=O) groups excluding carboxylic acids is 1. The lowest BCUT2D eigenvalue weighted by Crippen LogP contribution is -2.13. The highest BCUT2D eigenvalue weighted by molar-refractivity contribution is 6.31. The number of nitrogens with one attached hydrogen (secondary N) is 1. The average Bonchev–Trinajstić information content (AvgIpc) is 3.06. The predicted octanol–water partition coefficient (Wildman–Crippen LogP) is 5.01. The zero-order valence-electron chi connectivity index (χ0n) is 13.6. The Hall–Kier alpha value is -2.66. The van der Waals surface area contributed by atoms with Gasteiger partial charge < -0.3 is 9.73 Å². The molecule has 3 rings (SSSR count). The van der Waals surface area contributed by atoms with Crippen LogP contribution in [-0.4, -0.2) is 10.9 Å². The lowest BCUT2D eigenvalue weighted by Gasteiger charge is -2.08. The summed E-state index contributed by atoms with van der Waals surface area (Å²) in [5.41, 5.74) is 1.84. The number of anilines is 1. The van der Waals surface area contributed by atoms with Crippen molar-refractivity contribution in [1.82, 2.24) is 4.98 Å². The molecule has 6 heteroatoms. The number of aromatic nitrogens is 1. The Kier molecular flexibility index (Phi) is 5.14. The molecular weight excluding hydrogens is 343 g/mol. The molecule has 0 spiro atoms. The number of hydrogen-bond acceptors (Lipinski definition) is 3. The second kappa shape index (κ2) is 7.49. The van der Waals surface area contributed by atoms with E-state index in [1.165, 1.54) is 12.3 Å². The van der Waals surface area contributed by atoms with Gasteiger partial charge >= 0.3 is 0 Å². The minimum absolute atomic E-state index is 0.170. The van der Waals surface area contributed by atoms with Gasteiger partial charge in [0.1, 0.15) is 5.82 Å². The Morgan fingerprint density at radius 1 is 1.24 bits per heavy atom. The third-order valence-electron chi connectivity index (χ3n) is 3.80. The van der Waals surface area contributed by atoms with Crippen LogP contribution in [0.1, 0.15) is 17.9 Å². The highest BCUT2D eigenvalue weighted by Crippen LogP contribution is 2.25. The summed E-state index contributed by atoms with van der Waals surface area (Å²) in [6.45, 7) is 1.84. The zero-order chi connectivity index (χ0) is 17.8. The molecule has 1 heterocycles.